The van der Waals surface area contributed by atoms with Crippen LogP contribution in [0.25, 0.3) is 11.3 Å². The minimum Gasteiger partial charge on any atom is -0.497 e. The van der Waals surface area contributed by atoms with Crippen LogP contribution in [0.1, 0.15) is 5.56 Å². The Labute approximate surface area is 149 Å². The molecule has 0 radical (unpaired) electrons. The minimum atomic E-state index is -0.224. The molecule has 0 N–H and O–H groups in total. The number of halogens is 2. The minimum absolute atomic E-state index is 0.204. The van der Waals surface area contributed by atoms with Gasteiger partial charge in [0.1, 0.15) is 5.75 Å². The van der Waals surface area contributed by atoms with Crippen LogP contribution in [0.2, 0.25) is 10.0 Å². The number of aromatic nitrogens is 2. The topological polar surface area (TPSA) is 44.1 Å². The first kappa shape index (κ1) is 16.6. The van der Waals surface area contributed by atoms with E-state index in [4.69, 9.17) is 27.9 Å². The van der Waals surface area contributed by atoms with Crippen LogP contribution in [0.5, 0.6) is 5.75 Å². The first-order valence-electron chi connectivity index (χ1n) is 7.24. The van der Waals surface area contributed by atoms with Crippen molar-refractivity contribution in [3.05, 3.63) is 80.6 Å². The fraction of sp³-hybridized carbons (Fsp3) is 0.111. The van der Waals surface area contributed by atoms with Crippen LogP contribution in [-0.4, -0.2) is 16.9 Å². The lowest BCUT2D eigenvalue weighted by Gasteiger charge is -2.10. The first-order valence-corrected chi connectivity index (χ1v) is 7.99. The summed E-state index contributed by atoms with van der Waals surface area (Å²) in [5, 5.41) is 5.43. The number of hydrogen-bond donors (Lipinski definition) is 0. The zero-order chi connectivity index (χ0) is 17.1. The van der Waals surface area contributed by atoms with Gasteiger partial charge in [-0.25, -0.2) is 4.68 Å². The molecule has 0 aliphatic carbocycles. The van der Waals surface area contributed by atoms with E-state index in [0.717, 1.165) is 11.3 Å². The predicted octanol–water partition coefficient (Wildman–Crippen LogP) is 4.27. The second-order valence-electron chi connectivity index (χ2n) is 5.15. The number of nitrogens with zero attached hydrogens (tertiary/aromatic N) is 2. The molecule has 24 heavy (non-hydrogen) atoms. The van der Waals surface area contributed by atoms with E-state index in [0.29, 0.717) is 21.3 Å². The fourth-order valence-corrected chi connectivity index (χ4v) is 2.85. The summed E-state index contributed by atoms with van der Waals surface area (Å²) in [5.41, 5.74) is 1.96. The van der Waals surface area contributed by atoms with Gasteiger partial charge < -0.3 is 4.74 Å². The number of hydrogen-bond acceptors (Lipinski definition) is 3. The molecule has 0 spiro atoms. The smallest absolute Gasteiger partial charge is 0.267 e. The molecule has 0 unspecified atom stereocenters. The molecule has 0 aliphatic rings. The summed E-state index contributed by atoms with van der Waals surface area (Å²) in [7, 11) is 1.60. The van der Waals surface area contributed by atoms with Crippen LogP contribution in [0.15, 0.2) is 59.4 Å². The Morgan fingerprint density at radius 2 is 1.75 bits per heavy atom. The summed E-state index contributed by atoms with van der Waals surface area (Å²) in [5.74, 6) is 0.723. The van der Waals surface area contributed by atoms with E-state index in [9.17, 15) is 4.79 Å². The van der Waals surface area contributed by atoms with Gasteiger partial charge in [0.25, 0.3) is 5.56 Å². The largest absolute Gasteiger partial charge is 0.497 e. The number of methoxy groups -OCH3 is 1. The molecule has 0 amide bonds. The molecular formula is C18H14Cl2N2O2. The van der Waals surface area contributed by atoms with E-state index in [1.807, 2.05) is 24.3 Å². The van der Waals surface area contributed by atoms with Gasteiger partial charge in [-0.3, -0.25) is 4.79 Å². The lowest BCUT2D eigenvalue weighted by molar-refractivity contribution is 0.415. The van der Waals surface area contributed by atoms with Crippen molar-refractivity contribution in [2.24, 2.45) is 0 Å². The highest BCUT2D eigenvalue weighted by Crippen LogP contribution is 2.25. The van der Waals surface area contributed by atoms with Gasteiger partial charge in [0, 0.05) is 27.2 Å². The highest BCUT2D eigenvalue weighted by molar-refractivity contribution is 6.35. The highest BCUT2D eigenvalue weighted by Gasteiger charge is 2.10. The number of benzene rings is 2. The van der Waals surface area contributed by atoms with Crippen LogP contribution in [0, 0.1) is 0 Å². The molecule has 6 heteroatoms. The van der Waals surface area contributed by atoms with E-state index in [1.54, 1.807) is 31.4 Å². The first-order chi connectivity index (χ1) is 11.6. The fourth-order valence-electron chi connectivity index (χ4n) is 2.33. The molecule has 0 saturated heterocycles. The van der Waals surface area contributed by atoms with Gasteiger partial charge in [-0.15, -0.1) is 0 Å². The molecule has 0 saturated carbocycles. The summed E-state index contributed by atoms with van der Waals surface area (Å²) in [6.45, 7) is 0.204. The Morgan fingerprint density at radius 1 is 1.04 bits per heavy atom. The third-order valence-electron chi connectivity index (χ3n) is 3.60. The maximum atomic E-state index is 12.1. The van der Waals surface area contributed by atoms with Crippen molar-refractivity contribution in [3.63, 3.8) is 0 Å². The van der Waals surface area contributed by atoms with E-state index in [-0.39, 0.29) is 12.1 Å². The average Bonchev–Trinajstić information content (AvgIpc) is 2.60. The molecule has 0 aliphatic heterocycles. The third-order valence-corrected chi connectivity index (χ3v) is 4.31. The van der Waals surface area contributed by atoms with E-state index < -0.39 is 0 Å². The van der Waals surface area contributed by atoms with Crippen molar-refractivity contribution in [2.75, 3.05) is 7.11 Å². The van der Waals surface area contributed by atoms with Crippen molar-refractivity contribution >= 4 is 23.2 Å². The molecule has 0 fully saturated rings. The molecule has 0 bridgehead atoms. The monoisotopic (exact) mass is 360 g/mol. The van der Waals surface area contributed by atoms with E-state index >= 15 is 0 Å². The molecule has 3 rings (SSSR count). The number of ether oxygens (including phenoxy) is 1. The van der Waals surface area contributed by atoms with Crippen LogP contribution >= 0.6 is 23.2 Å². The van der Waals surface area contributed by atoms with Crippen molar-refractivity contribution in [1.82, 2.24) is 9.78 Å². The summed E-state index contributed by atoms with van der Waals surface area (Å²) in [6, 6.07) is 15.9. The summed E-state index contributed by atoms with van der Waals surface area (Å²) < 4.78 is 6.58. The lowest BCUT2D eigenvalue weighted by atomic mass is 10.1. The SMILES string of the molecule is COc1cccc(-c2ccc(=O)n(Cc3c(Cl)cccc3Cl)n2)c1. The summed E-state index contributed by atoms with van der Waals surface area (Å²) in [4.78, 5) is 12.1. The van der Waals surface area contributed by atoms with Gasteiger partial charge in [-0.2, -0.15) is 5.10 Å². The maximum Gasteiger partial charge on any atom is 0.267 e. The van der Waals surface area contributed by atoms with Gasteiger partial charge in [0.15, 0.2) is 0 Å². The van der Waals surface area contributed by atoms with Crippen molar-refractivity contribution in [2.45, 2.75) is 6.54 Å². The molecule has 122 valence electrons. The van der Waals surface area contributed by atoms with Gasteiger partial charge >= 0.3 is 0 Å². The van der Waals surface area contributed by atoms with Crippen molar-refractivity contribution < 1.29 is 4.74 Å². The van der Waals surface area contributed by atoms with Gasteiger partial charge in [0.2, 0.25) is 0 Å². The van der Waals surface area contributed by atoms with Crippen LogP contribution in [0.3, 0.4) is 0 Å². The zero-order valence-corrected chi connectivity index (χ0v) is 14.4. The third kappa shape index (κ3) is 3.45. The summed E-state index contributed by atoms with van der Waals surface area (Å²) >= 11 is 12.4. The quantitative estimate of drug-likeness (QED) is 0.697. The number of rotatable bonds is 4. The predicted molar refractivity (Wildman–Crippen MR) is 96.0 cm³/mol. The maximum absolute atomic E-state index is 12.1. The summed E-state index contributed by atoms with van der Waals surface area (Å²) in [6.07, 6.45) is 0. The zero-order valence-electron chi connectivity index (χ0n) is 12.9. The van der Waals surface area contributed by atoms with Crippen molar-refractivity contribution in [1.29, 1.82) is 0 Å². The standard InChI is InChI=1S/C18H14Cl2N2O2/c1-24-13-5-2-4-12(10-13)17-8-9-18(23)22(21-17)11-14-15(19)6-3-7-16(14)20/h2-10H,11H2,1H3. The molecule has 1 aromatic heterocycles. The molecule has 3 aromatic rings. The van der Waals surface area contributed by atoms with E-state index in [2.05, 4.69) is 5.10 Å². The Balaban J connectivity index is 2.02. The second-order valence-corrected chi connectivity index (χ2v) is 5.96. The van der Waals surface area contributed by atoms with Gasteiger partial charge in [-0.1, -0.05) is 41.4 Å². The normalized spacial score (nSPS) is 10.6. The Kier molecular flexibility index (Phi) is 4.88. The van der Waals surface area contributed by atoms with Crippen LogP contribution in [0.4, 0.5) is 0 Å². The Bertz CT molecular complexity index is 918. The van der Waals surface area contributed by atoms with Crippen molar-refractivity contribution in [3.8, 4) is 17.0 Å². The molecular weight excluding hydrogens is 347 g/mol. The van der Waals surface area contributed by atoms with Gasteiger partial charge in [0.05, 0.1) is 19.3 Å². The van der Waals surface area contributed by atoms with Crippen LogP contribution < -0.4 is 10.3 Å². The molecule has 4 nitrogen and oxygen atoms in total. The highest BCUT2D eigenvalue weighted by atomic mass is 35.5. The lowest BCUT2D eigenvalue weighted by Crippen LogP contribution is -2.23. The molecule has 2 aromatic carbocycles. The Morgan fingerprint density at radius 3 is 2.46 bits per heavy atom. The second kappa shape index (κ2) is 7.07. The Hall–Kier alpha value is -2.30. The van der Waals surface area contributed by atoms with Crippen LogP contribution in [-0.2, 0) is 6.54 Å². The molecule has 1 heterocycles. The molecule has 0 atom stereocenters. The average molecular weight is 361 g/mol. The van der Waals surface area contributed by atoms with E-state index in [1.165, 1.54) is 10.7 Å². The van der Waals surface area contributed by atoms with Gasteiger partial charge in [-0.05, 0) is 30.3 Å².